The molecule has 5 heteroatoms. The quantitative estimate of drug-likeness (QED) is 0.806. The minimum Gasteiger partial charge on any atom is -0.466 e. The van der Waals surface area contributed by atoms with E-state index in [4.69, 9.17) is 21.6 Å². The van der Waals surface area contributed by atoms with Gasteiger partial charge >= 0.3 is 5.97 Å². The monoisotopic (exact) mass is 301 g/mol. The van der Waals surface area contributed by atoms with Crippen molar-refractivity contribution in [3.05, 3.63) is 32.8 Å². The average molecular weight is 303 g/mol. The summed E-state index contributed by atoms with van der Waals surface area (Å²) in [4.78, 5) is 11.3. The molecule has 1 aromatic carbocycles. The zero-order valence-electron chi connectivity index (χ0n) is 8.59. The molecular weight excluding hydrogens is 293 g/mol. The molecule has 0 amide bonds. The average Bonchev–Trinajstić information content (AvgIpc) is 2.24. The fraction of sp³-hybridized carbons (Fsp3) is 0.273. The number of benzene rings is 1. The smallest absolute Gasteiger partial charge is 0.310 e. The number of halogens is 2. The number of carbonyl (C=O) groups excluding carboxylic acids is 1. The van der Waals surface area contributed by atoms with Gasteiger partial charge in [0.1, 0.15) is 6.07 Å². The number of rotatable bonds is 3. The van der Waals surface area contributed by atoms with E-state index in [2.05, 4.69) is 15.9 Å². The molecule has 0 heterocycles. The Bertz CT molecular complexity index is 454. The van der Waals surface area contributed by atoms with E-state index in [9.17, 15) is 4.79 Å². The summed E-state index contributed by atoms with van der Waals surface area (Å²) in [6, 6.07) is 5.31. The summed E-state index contributed by atoms with van der Waals surface area (Å²) in [5.74, 6) is -0.353. The molecule has 0 aliphatic rings. The van der Waals surface area contributed by atoms with E-state index in [0.717, 1.165) is 0 Å². The highest BCUT2D eigenvalue weighted by Crippen LogP contribution is 2.28. The lowest BCUT2D eigenvalue weighted by Gasteiger charge is -2.06. The van der Waals surface area contributed by atoms with Gasteiger partial charge in [0.2, 0.25) is 0 Å². The predicted molar refractivity (Wildman–Crippen MR) is 64.2 cm³/mol. The van der Waals surface area contributed by atoms with Crippen LogP contribution in [0.2, 0.25) is 5.02 Å². The first-order valence-corrected chi connectivity index (χ1v) is 5.79. The molecule has 0 aliphatic carbocycles. The van der Waals surface area contributed by atoms with Crippen LogP contribution in [0.15, 0.2) is 16.6 Å². The van der Waals surface area contributed by atoms with Crippen LogP contribution in [-0.2, 0) is 16.0 Å². The van der Waals surface area contributed by atoms with Gasteiger partial charge in [-0.05, 0) is 34.5 Å². The fourth-order valence-corrected chi connectivity index (χ4v) is 1.86. The van der Waals surface area contributed by atoms with E-state index in [1.807, 2.05) is 6.07 Å². The van der Waals surface area contributed by atoms with Gasteiger partial charge in [0, 0.05) is 0 Å². The van der Waals surface area contributed by atoms with Gasteiger partial charge in [0.25, 0.3) is 0 Å². The molecule has 0 spiro atoms. The van der Waals surface area contributed by atoms with E-state index in [1.165, 1.54) is 0 Å². The Balaban J connectivity index is 3.02. The molecule has 3 nitrogen and oxygen atoms in total. The number of nitriles is 1. The van der Waals surface area contributed by atoms with Gasteiger partial charge in [-0.15, -0.1) is 0 Å². The predicted octanol–water partition coefficient (Wildman–Crippen LogP) is 3.08. The third-order valence-corrected chi connectivity index (χ3v) is 3.30. The lowest BCUT2D eigenvalue weighted by molar-refractivity contribution is -0.142. The summed E-state index contributed by atoms with van der Waals surface area (Å²) in [6.07, 6.45) is 0.0759. The minimum absolute atomic E-state index is 0.0759. The Morgan fingerprint density at radius 2 is 2.31 bits per heavy atom. The minimum atomic E-state index is -0.353. The van der Waals surface area contributed by atoms with Crippen molar-refractivity contribution < 1.29 is 9.53 Å². The second kappa shape index (κ2) is 5.88. The van der Waals surface area contributed by atoms with Crippen LogP contribution in [0, 0.1) is 11.3 Å². The number of ether oxygens (including phenoxy) is 1. The van der Waals surface area contributed by atoms with Gasteiger partial charge in [-0.1, -0.05) is 17.7 Å². The molecule has 1 aromatic rings. The first-order chi connectivity index (χ1) is 7.60. The van der Waals surface area contributed by atoms with Crippen molar-refractivity contribution in [2.24, 2.45) is 0 Å². The largest absolute Gasteiger partial charge is 0.466 e. The maximum atomic E-state index is 11.3. The second-order valence-electron chi connectivity index (χ2n) is 2.99. The fourth-order valence-electron chi connectivity index (χ4n) is 1.23. The van der Waals surface area contributed by atoms with Crippen molar-refractivity contribution in [2.45, 2.75) is 13.3 Å². The van der Waals surface area contributed by atoms with Gasteiger partial charge in [-0.3, -0.25) is 4.79 Å². The summed E-state index contributed by atoms with van der Waals surface area (Å²) in [5.41, 5.74) is 0.984. The van der Waals surface area contributed by atoms with Crippen molar-refractivity contribution in [1.29, 1.82) is 5.26 Å². The third-order valence-electron chi connectivity index (χ3n) is 1.93. The Labute approximate surface area is 107 Å². The molecule has 1 rings (SSSR count). The van der Waals surface area contributed by atoms with Crippen LogP contribution in [0.5, 0.6) is 0 Å². The highest BCUT2D eigenvalue weighted by Gasteiger charge is 2.13. The van der Waals surface area contributed by atoms with Crippen LogP contribution in [0.1, 0.15) is 18.1 Å². The lowest BCUT2D eigenvalue weighted by Crippen LogP contribution is -2.08. The molecule has 0 radical (unpaired) electrons. The molecule has 0 unspecified atom stereocenters. The number of hydrogen-bond donors (Lipinski definition) is 0. The van der Waals surface area contributed by atoms with Crippen molar-refractivity contribution in [1.82, 2.24) is 0 Å². The highest BCUT2D eigenvalue weighted by molar-refractivity contribution is 9.10. The van der Waals surface area contributed by atoms with Crippen LogP contribution in [0.25, 0.3) is 0 Å². The van der Waals surface area contributed by atoms with Crippen LogP contribution >= 0.6 is 27.5 Å². The Morgan fingerprint density at radius 1 is 1.62 bits per heavy atom. The standard InChI is InChI=1S/C11H9BrClNO2/c1-2-16-10(15)5-7-3-4-9(13)11(12)8(7)6-14/h3-4H,2,5H2,1H3. The molecule has 0 fully saturated rings. The van der Waals surface area contributed by atoms with E-state index in [0.29, 0.717) is 27.2 Å². The normalized spacial score (nSPS) is 9.62. The van der Waals surface area contributed by atoms with E-state index < -0.39 is 0 Å². The Morgan fingerprint density at radius 3 is 2.88 bits per heavy atom. The van der Waals surface area contributed by atoms with Crippen molar-refractivity contribution >= 4 is 33.5 Å². The van der Waals surface area contributed by atoms with Crippen LogP contribution < -0.4 is 0 Å². The molecule has 0 aliphatic heterocycles. The zero-order chi connectivity index (χ0) is 12.1. The number of nitrogens with zero attached hydrogens (tertiary/aromatic N) is 1. The summed E-state index contributed by atoms with van der Waals surface area (Å²) in [6.45, 7) is 2.07. The zero-order valence-corrected chi connectivity index (χ0v) is 10.9. The highest BCUT2D eigenvalue weighted by atomic mass is 79.9. The van der Waals surface area contributed by atoms with Gasteiger partial charge in [0.05, 0.1) is 28.1 Å². The van der Waals surface area contributed by atoms with Crippen molar-refractivity contribution in [2.75, 3.05) is 6.61 Å². The van der Waals surface area contributed by atoms with E-state index in [-0.39, 0.29) is 12.4 Å². The SMILES string of the molecule is CCOC(=O)Cc1ccc(Cl)c(Br)c1C#N. The summed E-state index contributed by atoms with van der Waals surface area (Å²) in [7, 11) is 0. The molecular formula is C11H9BrClNO2. The molecule has 16 heavy (non-hydrogen) atoms. The summed E-state index contributed by atoms with van der Waals surface area (Å²) in [5, 5.41) is 9.42. The first-order valence-electron chi connectivity index (χ1n) is 4.62. The van der Waals surface area contributed by atoms with Gasteiger partial charge in [-0.2, -0.15) is 5.26 Å². The summed E-state index contributed by atoms with van der Waals surface area (Å²) >= 11 is 9.06. The number of esters is 1. The topological polar surface area (TPSA) is 50.1 Å². The van der Waals surface area contributed by atoms with Gasteiger partial charge < -0.3 is 4.74 Å². The summed E-state index contributed by atoms with van der Waals surface area (Å²) < 4.78 is 5.33. The first kappa shape index (κ1) is 13.0. The molecule has 0 N–H and O–H groups in total. The van der Waals surface area contributed by atoms with Crippen LogP contribution in [-0.4, -0.2) is 12.6 Å². The van der Waals surface area contributed by atoms with Gasteiger partial charge in [-0.25, -0.2) is 0 Å². The molecule has 0 aromatic heterocycles. The molecule has 0 bridgehead atoms. The molecule has 0 atom stereocenters. The number of hydrogen-bond acceptors (Lipinski definition) is 3. The Hall–Kier alpha value is -1.05. The van der Waals surface area contributed by atoms with Crippen molar-refractivity contribution in [3.63, 3.8) is 0 Å². The third kappa shape index (κ3) is 2.97. The van der Waals surface area contributed by atoms with Crippen LogP contribution in [0.4, 0.5) is 0 Å². The van der Waals surface area contributed by atoms with E-state index in [1.54, 1.807) is 19.1 Å². The van der Waals surface area contributed by atoms with Gasteiger partial charge in [0.15, 0.2) is 0 Å². The van der Waals surface area contributed by atoms with Crippen LogP contribution in [0.3, 0.4) is 0 Å². The van der Waals surface area contributed by atoms with E-state index >= 15 is 0 Å². The molecule has 0 saturated heterocycles. The lowest BCUT2D eigenvalue weighted by atomic mass is 10.1. The Kier molecular flexibility index (Phi) is 4.78. The second-order valence-corrected chi connectivity index (χ2v) is 4.19. The maximum absolute atomic E-state index is 11.3. The maximum Gasteiger partial charge on any atom is 0.310 e. The number of carbonyl (C=O) groups is 1. The molecule has 0 saturated carbocycles. The van der Waals surface area contributed by atoms with Crippen molar-refractivity contribution in [3.8, 4) is 6.07 Å². The molecule has 84 valence electrons.